The fraction of sp³-hybridized carbons (Fsp3) is 0.562. The summed E-state index contributed by atoms with van der Waals surface area (Å²) in [5.74, 6) is -0.288. The fourth-order valence-electron chi connectivity index (χ4n) is 2.82. The van der Waals surface area contributed by atoms with E-state index in [0.29, 0.717) is 17.2 Å². The number of hydrogen-bond acceptors (Lipinski definition) is 4. The van der Waals surface area contributed by atoms with Gasteiger partial charge in [-0.3, -0.25) is 0 Å². The summed E-state index contributed by atoms with van der Waals surface area (Å²) in [6.07, 6.45) is 2.21. The molecule has 1 saturated heterocycles. The number of benzene rings is 1. The molecule has 1 fully saturated rings. The number of methoxy groups -OCH3 is 1. The van der Waals surface area contributed by atoms with Gasteiger partial charge in [0.2, 0.25) is 0 Å². The second-order valence-electron chi connectivity index (χ2n) is 5.76. The largest absolute Gasteiger partial charge is 0.465 e. The lowest BCUT2D eigenvalue weighted by Gasteiger charge is -2.33. The number of piperidine rings is 1. The maximum Gasteiger partial charge on any atom is 0.339 e. The van der Waals surface area contributed by atoms with Crippen LogP contribution in [0.1, 0.15) is 30.1 Å². The summed E-state index contributed by atoms with van der Waals surface area (Å²) >= 11 is 0. The van der Waals surface area contributed by atoms with Crippen molar-refractivity contribution in [2.45, 2.75) is 25.8 Å². The number of anilines is 1. The molecule has 1 aromatic carbocycles. The standard InChI is InChI=1S/C16H23FN2O2/c1-11(12-6-8-19(2)9-7-12)18-15-10-13(17)4-5-14(15)16(20)21-3/h4-5,10-12,18H,6-9H2,1-3H3. The Hall–Kier alpha value is -1.62. The summed E-state index contributed by atoms with van der Waals surface area (Å²) in [6.45, 7) is 4.23. The average Bonchev–Trinajstić information content (AvgIpc) is 2.47. The topological polar surface area (TPSA) is 41.6 Å². The molecule has 2 rings (SSSR count). The first-order valence-electron chi connectivity index (χ1n) is 7.34. The number of hydrogen-bond donors (Lipinski definition) is 1. The van der Waals surface area contributed by atoms with Crippen LogP contribution in [0.4, 0.5) is 10.1 Å². The van der Waals surface area contributed by atoms with E-state index in [9.17, 15) is 9.18 Å². The summed E-state index contributed by atoms with van der Waals surface area (Å²) in [6, 6.07) is 4.28. The summed E-state index contributed by atoms with van der Waals surface area (Å²) in [7, 11) is 3.45. The Morgan fingerprint density at radius 1 is 1.43 bits per heavy atom. The third-order valence-corrected chi connectivity index (χ3v) is 4.24. The maximum atomic E-state index is 13.5. The van der Waals surface area contributed by atoms with Crippen molar-refractivity contribution in [1.82, 2.24) is 4.90 Å². The van der Waals surface area contributed by atoms with Crippen LogP contribution in [0.25, 0.3) is 0 Å². The second kappa shape index (κ2) is 6.89. The zero-order chi connectivity index (χ0) is 15.4. The fourth-order valence-corrected chi connectivity index (χ4v) is 2.82. The Morgan fingerprint density at radius 2 is 2.10 bits per heavy atom. The predicted octanol–water partition coefficient (Wildman–Crippen LogP) is 2.75. The molecule has 0 aromatic heterocycles. The highest BCUT2D eigenvalue weighted by molar-refractivity contribution is 5.95. The quantitative estimate of drug-likeness (QED) is 0.867. The van der Waals surface area contributed by atoms with E-state index in [0.717, 1.165) is 25.9 Å². The van der Waals surface area contributed by atoms with Crippen molar-refractivity contribution in [3.63, 3.8) is 0 Å². The van der Waals surface area contributed by atoms with E-state index in [4.69, 9.17) is 4.74 Å². The van der Waals surface area contributed by atoms with Gasteiger partial charge in [-0.1, -0.05) is 0 Å². The van der Waals surface area contributed by atoms with Crippen LogP contribution >= 0.6 is 0 Å². The minimum atomic E-state index is -0.451. The Bertz CT molecular complexity index is 499. The first-order chi connectivity index (χ1) is 10.0. The number of likely N-dealkylation sites (tertiary alicyclic amines) is 1. The molecule has 0 saturated carbocycles. The van der Waals surface area contributed by atoms with Crippen LogP contribution in [-0.2, 0) is 4.74 Å². The maximum absolute atomic E-state index is 13.5. The van der Waals surface area contributed by atoms with Gasteiger partial charge in [0.25, 0.3) is 0 Å². The summed E-state index contributed by atoms with van der Waals surface area (Å²) < 4.78 is 18.2. The van der Waals surface area contributed by atoms with E-state index in [1.807, 2.05) is 0 Å². The highest BCUT2D eigenvalue weighted by Crippen LogP contribution is 2.25. The zero-order valence-corrected chi connectivity index (χ0v) is 12.9. The number of carbonyl (C=O) groups is 1. The third-order valence-electron chi connectivity index (χ3n) is 4.24. The molecular weight excluding hydrogens is 271 g/mol. The summed E-state index contributed by atoms with van der Waals surface area (Å²) in [4.78, 5) is 14.1. The molecule has 1 aromatic rings. The van der Waals surface area contributed by atoms with Gasteiger partial charge < -0.3 is 15.0 Å². The summed E-state index contributed by atoms with van der Waals surface area (Å²) in [5, 5.41) is 3.29. The number of halogens is 1. The van der Waals surface area contributed by atoms with Crippen molar-refractivity contribution in [2.75, 3.05) is 32.6 Å². The Morgan fingerprint density at radius 3 is 2.71 bits per heavy atom. The lowest BCUT2D eigenvalue weighted by molar-refractivity contribution is 0.0601. The number of nitrogens with one attached hydrogen (secondary N) is 1. The molecule has 116 valence electrons. The molecule has 1 atom stereocenters. The molecule has 0 bridgehead atoms. The van der Waals surface area contributed by atoms with Gasteiger partial charge >= 0.3 is 5.97 Å². The number of rotatable bonds is 4. The van der Waals surface area contributed by atoms with Crippen LogP contribution in [0.5, 0.6) is 0 Å². The molecule has 1 N–H and O–H groups in total. The lowest BCUT2D eigenvalue weighted by atomic mass is 9.90. The minimum Gasteiger partial charge on any atom is -0.465 e. The van der Waals surface area contributed by atoms with E-state index in [1.165, 1.54) is 25.3 Å². The van der Waals surface area contributed by atoms with Crippen LogP contribution in [-0.4, -0.2) is 44.2 Å². The Kier molecular flexibility index (Phi) is 5.17. The highest BCUT2D eigenvalue weighted by atomic mass is 19.1. The third kappa shape index (κ3) is 3.94. The number of carbonyl (C=O) groups excluding carboxylic acids is 1. The van der Waals surface area contributed by atoms with Gasteiger partial charge in [0.15, 0.2) is 0 Å². The first kappa shape index (κ1) is 15.8. The minimum absolute atomic E-state index is 0.184. The van der Waals surface area contributed by atoms with Gasteiger partial charge in [-0.2, -0.15) is 0 Å². The van der Waals surface area contributed by atoms with Gasteiger partial charge in [-0.15, -0.1) is 0 Å². The SMILES string of the molecule is COC(=O)c1ccc(F)cc1NC(C)C1CCN(C)CC1. The summed E-state index contributed by atoms with van der Waals surface area (Å²) in [5.41, 5.74) is 0.881. The Labute approximate surface area is 125 Å². The number of nitrogens with zero attached hydrogens (tertiary/aromatic N) is 1. The van der Waals surface area contributed by atoms with E-state index in [2.05, 4.69) is 24.2 Å². The van der Waals surface area contributed by atoms with E-state index in [1.54, 1.807) is 0 Å². The molecule has 0 radical (unpaired) electrons. The smallest absolute Gasteiger partial charge is 0.339 e. The van der Waals surface area contributed by atoms with Gasteiger partial charge in [0, 0.05) is 6.04 Å². The molecule has 21 heavy (non-hydrogen) atoms. The van der Waals surface area contributed by atoms with Crippen molar-refractivity contribution in [3.05, 3.63) is 29.6 Å². The van der Waals surface area contributed by atoms with Crippen LogP contribution in [0.15, 0.2) is 18.2 Å². The molecule has 1 unspecified atom stereocenters. The first-order valence-corrected chi connectivity index (χ1v) is 7.34. The number of esters is 1. The van der Waals surface area contributed by atoms with Crippen molar-refractivity contribution < 1.29 is 13.9 Å². The van der Waals surface area contributed by atoms with Crippen molar-refractivity contribution >= 4 is 11.7 Å². The van der Waals surface area contributed by atoms with Gasteiger partial charge in [-0.25, -0.2) is 9.18 Å². The van der Waals surface area contributed by atoms with Gasteiger partial charge in [0.05, 0.1) is 18.4 Å². The molecule has 0 aliphatic carbocycles. The van der Waals surface area contributed by atoms with Crippen molar-refractivity contribution in [2.24, 2.45) is 5.92 Å². The Balaban J connectivity index is 2.11. The van der Waals surface area contributed by atoms with E-state index < -0.39 is 5.97 Å². The van der Waals surface area contributed by atoms with Gasteiger partial charge in [-0.05, 0) is 64.0 Å². The molecule has 5 heteroatoms. The van der Waals surface area contributed by atoms with Crippen LogP contribution in [0.3, 0.4) is 0 Å². The lowest BCUT2D eigenvalue weighted by Crippen LogP contribution is -2.37. The molecule has 4 nitrogen and oxygen atoms in total. The normalized spacial score (nSPS) is 18.3. The van der Waals surface area contributed by atoms with E-state index in [-0.39, 0.29) is 11.9 Å². The molecule has 0 spiro atoms. The number of ether oxygens (including phenoxy) is 1. The predicted molar refractivity (Wildman–Crippen MR) is 81.0 cm³/mol. The van der Waals surface area contributed by atoms with Crippen LogP contribution < -0.4 is 5.32 Å². The highest BCUT2D eigenvalue weighted by Gasteiger charge is 2.23. The molecule has 1 heterocycles. The van der Waals surface area contributed by atoms with Crippen LogP contribution in [0.2, 0.25) is 0 Å². The average molecular weight is 294 g/mol. The van der Waals surface area contributed by atoms with Crippen LogP contribution in [0, 0.1) is 11.7 Å². The molecule has 1 aliphatic heterocycles. The monoisotopic (exact) mass is 294 g/mol. The van der Waals surface area contributed by atoms with Crippen molar-refractivity contribution in [1.29, 1.82) is 0 Å². The second-order valence-corrected chi connectivity index (χ2v) is 5.76. The molecule has 0 amide bonds. The van der Waals surface area contributed by atoms with Crippen molar-refractivity contribution in [3.8, 4) is 0 Å². The molecular formula is C16H23FN2O2. The molecule has 1 aliphatic rings. The van der Waals surface area contributed by atoms with E-state index >= 15 is 0 Å². The zero-order valence-electron chi connectivity index (χ0n) is 12.9. The van der Waals surface area contributed by atoms with Gasteiger partial charge in [0.1, 0.15) is 5.82 Å².